The number of nitrogens with zero attached hydrogens (tertiary/aromatic N) is 2. The summed E-state index contributed by atoms with van der Waals surface area (Å²) in [7, 11) is -3.67. The molecule has 7 nitrogen and oxygen atoms in total. The Morgan fingerprint density at radius 3 is 2.59 bits per heavy atom. The van der Waals surface area contributed by atoms with E-state index in [-0.39, 0.29) is 34.5 Å². The van der Waals surface area contributed by atoms with Gasteiger partial charge in [-0.2, -0.15) is 0 Å². The normalized spacial score (nSPS) is 13.5. The number of halogens is 2. The van der Waals surface area contributed by atoms with Crippen molar-refractivity contribution >= 4 is 33.3 Å². The number of nitrogens with one attached hydrogen (secondary N) is 1. The topological polar surface area (TPSA) is 88.6 Å². The minimum Gasteiger partial charge on any atom is -0.454 e. The van der Waals surface area contributed by atoms with Crippen LogP contribution >= 0.6 is 11.6 Å². The molecule has 0 radical (unpaired) electrons. The fourth-order valence-corrected chi connectivity index (χ4v) is 4.77. The van der Waals surface area contributed by atoms with Crippen molar-refractivity contribution in [2.24, 2.45) is 0 Å². The highest BCUT2D eigenvalue weighted by atomic mass is 35.5. The van der Waals surface area contributed by atoms with Crippen molar-refractivity contribution in [3.8, 4) is 11.5 Å². The minimum atomic E-state index is -3.67. The second kappa shape index (κ2) is 8.76. The number of aromatic nitrogens is 1. The molecular weight excluding hydrogens is 457 g/mol. The van der Waals surface area contributed by atoms with Crippen molar-refractivity contribution in [2.45, 2.75) is 24.1 Å². The van der Waals surface area contributed by atoms with Gasteiger partial charge in [0.1, 0.15) is 11.6 Å². The fraction of sp³-hybridized carbons (Fsp3) is 0.182. The Morgan fingerprint density at radius 2 is 1.91 bits per heavy atom. The van der Waals surface area contributed by atoms with E-state index >= 15 is 0 Å². The number of hydrogen-bond donors (Lipinski definition) is 1. The summed E-state index contributed by atoms with van der Waals surface area (Å²) < 4.78 is 45.7. The van der Waals surface area contributed by atoms with Gasteiger partial charge < -0.3 is 9.64 Å². The Balaban J connectivity index is 1.56. The predicted octanol–water partition coefficient (Wildman–Crippen LogP) is 5.01. The summed E-state index contributed by atoms with van der Waals surface area (Å²) in [6.07, 6.45) is 1.46. The van der Waals surface area contributed by atoms with Crippen LogP contribution in [0.1, 0.15) is 18.1 Å². The second-order valence-corrected chi connectivity index (χ2v) is 9.59. The van der Waals surface area contributed by atoms with Crippen LogP contribution in [0.5, 0.6) is 11.5 Å². The second-order valence-electron chi connectivity index (χ2n) is 7.16. The van der Waals surface area contributed by atoms with Gasteiger partial charge in [0, 0.05) is 17.8 Å². The van der Waals surface area contributed by atoms with Crippen LogP contribution in [0.4, 0.5) is 15.0 Å². The molecular formula is C22H19ClFN3O4S. The Hall–Kier alpha value is -3.17. The van der Waals surface area contributed by atoms with E-state index in [2.05, 4.69) is 10.3 Å². The first kappa shape index (κ1) is 22.0. The smallest absolute Gasteiger partial charge is 0.323 e. The molecule has 32 heavy (non-hydrogen) atoms. The van der Waals surface area contributed by atoms with Crippen LogP contribution in [0.15, 0.2) is 59.6 Å². The highest BCUT2D eigenvalue weighted by molar-refractivity contribution is 7.90. The van der Waals surface area contributed by atoms with E-state index in [9.17, 15) is 17.6 Å². The molecule has 2 amide bonds. The first-order chi connectivity index (χ1) is 15.3. The maximum absolute atomic E-state index is 14.8. The van der Waals surface area contributed by atoms with Gasteiger partial charge in [-0.3, -0.25) is 5.32 Å². The molecule has 0 fully saturated rings. The van der Waals surface area contributed by atoms with Crippen molar-refractivity contribution in [3.63, 3.8) is 0 Å². The number of anilines is 1. The average molecular weight is 476 g/mol. The van der Waals surface area contributed by atoms with Gasteiger partial charge in [-0.05, 0) is 55.0 Å². The molecule has 2 aromatic carbocycles. The standard InChI is InChI=1S/C22H19ClFN3O4S/c1-2-27-12-17-19(9-10-25-21(17)26-22(27)28)31-20-8-3-14(11-18(20)24)13-32(29,30)16-6-4-15(23)5-7-16/h3-11H,2,12-13H2,1H3,(H,25,26,28). The molecule has 3 aromatic rings. The number of urea groups is 1. The maximum atomic E-state index is 14.8. The van der Waals surface area contributed by atoms with Crippen LogP contribution in [0.25, 0.3) is 0 Å². The first-order valence-electron chi connectivity index (χ1n) is 9.75. The van der Waals surface area contributed by atoms with Gasteiger partial charge in [-0.1, -0.05) is 17.7 Å². The van der Waals surface area contributed by atoms with Crippen molar-refractivity contribution in [1.29, 1.82) is 0 Å². The van der Waals surface area contributed by atoms with Gasteiger partial charge in [0.05, 0.1) is 22.8 Å². The molecule has 0 unspecified atom stereocenters. The fourth-order valence-electron chi connectivity index (χ4n) is 3.31. The van der Waals surface area contributed by atoms with Crippen molar-refractivity contribution in [3.05, 3.63) is 76.7 Å². The SMILES string of the molecule is CCN1Cc2c(Oc3ccc(CS(=O)(=O)c4ccc(Cl)cc4)cc3F)ccnc2NC1=O. The predicted molar refractivity (Wildman–Crippen MR) is 118 cm³/mol. The van der Waals surface area contributed by atoms with E-state index in [1.165, 1.54) is 42.6 Å². The number of rotatable bonds is 6. The van der Waals surface area contributed by atoms with Crippen LogP contribution in [0, 0.1) is 5.82 Å². The molecule has 4 rings (SSSR count). The summed E-state index contributed by atoms with van der Waals surface area (Å²) in [5.41, 5.74) is 0.911. The van der Waals surface area contributed by atoms with Crippen LogP contribution < -0.4 is 10.1 Å². The Bertz CT molecular complexity index is 1280. The van der Waals surface area contributed by atoms with Crippen LogP contribution in [-0.2, 0) is 22.1 Å². The van der Waals surface area contributed by atoms with Crippen LogP contribution in [0.3, 0.4) is 0 Å². The minimum absolute atomic E-state index is 0.0639. The van der Waals surface area contributed by atoms with E-state index < -0.39 is 15.7 Å². The summed E-state index contributed by atoms with van der Waals surface area (Å²) >= 11 is 5.81. The number of pyridine rings is 1. The summed E-state index contributed by atoms with van der Waals surface area (Å²) in [6, 6.07) is 11.1. The Labute approximate surface area is 189 Å². The van der Waals surface area contributed by atoms with Gasteiger partial charge in [0.25, 0.3) is 0 Å². The highest BCUT2D eigenvalue weighted by Gasteiger charge is 2.26. The average Bonchev–Trinajstić information content (AvgIpc) is 2.75. The van der Waals surface area contributed by atoms with E-state index in [0.717, 1.165) is 6.07 Å². The van der Waals surface area contributed by atoms with Gasteiger partial charge in [-0.15, -0.1) is 0 Å². The lowest BCUT2D eigenvalue weighted by molar-refractivity contribution is 0.209. The van der Waals surface area contributed by atoms with Crippen molar-refractivity contribution in [1.82, 2.24) is 9.88 Å². The quantitative estimate of drug-likeness (QED) is 0.541. The number of benzene rings is 2. The number of sulfone groups is 1. The molecule has 166 valence electrons. The molecule has 0 aliphatic carbocycles. The number of ether oxygens (including phenoxy) is 1. The Morgan fingerprint density at radius 1 is 1.16 bits per heavy atom. The Kier molecular flexibility index (Phi) is 6.03. The highest BCUT2D eigenvalue weighted by Crippen LogP contribution is 2.34. The molecule has 2 heterocycles. The number of carbonyl (C=O) groups is 1. The lowest BCUT2D eigenvalue weighted by Gasteiger charge is -2.28. The summed E-state index contributed by atoms with van der Waals surface area (Å²) in [6.45, 7) is 2.61. The zero-order chi connectivity index (χ0) is 22.9. The van der Waals surface area contributed by atoms with Gasteiger partial charge in [-0.25, -0.2) is 22.6 Å². The van der Waals surface area contributed by atoms with Gasteiger partial charge in [0.2, 0.25) is 0 Å². The molecule has 1 N–H and O–H groups in total. The molecule has 1 aliphatic rings. The van der Waals surface area contributed by atoms with Crippen molar-refractivity contribution in [2.75, 3.05) is 11.9 Å². The molecule has 0 saturated carbocycles. The van der Waals surface area contributed by atoms with E-state index in [1.807, 2.05) is 6.92 Å². The lowest BCUT2D eigenvalue weighted by Crippen LogP contribution is -2.38. The number of amides is 2. The third kappa shape index (κ3) is 4.53. The zero-order valence-electron chi connectivity index (χ0n) is 17.0. The molecule has 1 aromatic heterocycles. The lowest BCUT2D eigenvalue weighted by atomic mass is 10.2. The number of carbonyl (C=O) groups excluding carboxylic acids is 1. The van der Waals surface area contributed by atoms with E-state index in [1.54, 1.807) is 11.0 Å². The zero-order valence-corrected chi connectivity index (χ0v) is 18.6. The van der Waals surface area contributed by atoms with Crippen LogP contribution in [-0.4, -0.2) is 30.9 Å². The first-order valence-corrected chi connectivity index (χ1v) is 11.8. The summed E-state index contributed by atoms with van der Waals surface area (Å²) in [5, 5.41) is 3.11. The van der Waals surface area contributed by atoms with Gasteiger partial charge in [0.15, 0.2) is 21.4 Å². The molecule has 0 atom stereocenters. The molecule has 0 spiro atoms. The molecule has 1 aliphatic heterocycles. The molecule has 0 saturated heterocycles. The monoisotopic (exact) mass is 475 g/mol. The summed E-state index contributed by atoms with van der Waals surface area (Å²) in [4.78, 5) is 17.8. The van der Waals surface area contributed by atoms with E-state index in [4.69, 9.17) is 16.3 Å². The number of hydrogen-bond acceptors (Lipinski definition) is 5. The summed E-state index contributed by atoms with van der Waals surface area (Å²) in [5.74, 6) is -0.414. The molecule has 10 heteroatoms. The van der Waals surface area contributed by atoms with Crippen LogP contribution in [0.2, 0.25) is 5.02 Å². The third-order valence-corrected chi connectivity index (χ3v) is 6.96. The number of fused-ring (bicyclic) bond motifs is 1. The molecule has 0 bridgehead atoms. The largest absolute Gasteiger partial charge is 0.454 e. The van der Waals surface area contributed by atoms with Gasteiger partial charge >= 0.3 is 6.03 Å². The third-order valence-electron chi connectivity index (χ3n) is 5.00. The van der Waals surface area contributed by atoms with Crippen molar-refractivity contribution < 1.29 is 22.3 Å². The maximum Gasteiger partial charge on any atom is 0.323 e. The van der Waals surface area contributed by atoms with E-state index in [0.29, 0.717) is 28.7 Å².